The third-order valence-corrected chi connectivity index (χ3v) is 14.6. The van der Waals surface area contributed by atoms with Gasteiger partial charge in [0.15, 0.2) is 0 Å². The Balaban J connectivity index is 0.912. The highest BCUT2D eigenvalue weighted by Gasteiger charge is 2.40. The van der Waals surface area contributed by atoms with Gasteiger partial charge in [-0.15, -0.1) is 0 Å². The maximum absolute atomic E-state index is 14.6. The molecule has 9 rings (SSSR count). The summed E-state index contributed by atoms with van der Waals surface area (Å²) in [6.45, 7) is 4.55. The smallest absolute Gasteiger partial charge is 0.537 e. The number of hydrogen-bond acceptors (Lipinski definition) is 6. The maximum Gasteiger partial charge on any atom is 0.538 e. The van der Waals surface area contributed by atoms with Crippen molar-refractivity contribution in [2.45, 2.75) is 155 Å². The fourth-order valence-electron chi connectivity index (χ4n) is 10.7. The maximum atomic E-state index is 14.6. The molecule has 8 heteroatoms. The first kappa shape index (κ1) is 47.3. The van der Waals surface area contributed by atoms with Crippen LogP contribution in [0.15, 0.2) is 120 Å². The lowest BCUT2D eigenvalue weighted by Crippen LogP contribution is -2.46. The summed E-state index contributed by atoms with van der Waals surface area (Å²) in [4.78, 5) is 19.8. The molecule has 0 unspecified atom stereocenters. The van der Waals surface area contributed by atoms with Crippen LogP contribution in [0.4, 0.5) is 5.69 Å². The number of aliphatic hydroxyl groups excluding tert-OH is 1. The van der Waals surface area contributed by atoms with E-state index in [1.807, 2.05) is 54.6 Å². The van der Waals surface area contributed by atoms with E-state index in [4.69, 9.17) is 14.2 Å². The molecule has 0 aromatic heterocycles. The molecule has 0 saturated carbocycles. The predicted octanol–water partition coefficient (Wildman–Crippen LogP) is 13.2. The van der Waals surface area contributed by atoms with Gasteiger partial charge >= 0.3 is 14.1 Å². The van der Waals surface area contributed by atoms with Crippen molar-refractivity contribution in [3.63, 3.8) is 0 Å². The molecule has 0 fully saturated rings. The molecule has 1 aliphatic carbocycles. The van der Waals surface area contributed by atoms with Gasteiger partial charge in [0.25, 0.3) is 0 Å². The third kappa shape index (κ3) is 10.8. The Morgan fingerprint density at radius 1 is 0.515 bits per heavy atom. The Kier molecular flexibility index (Phi) is 16.0. The fourth-order valence-corrected chi connectivity index (χ4v) is 10.7. The van der Waals surface area contributed by atoms with E-state index in [9.17, 15) is 9.90 Å². The van der Waals surface area contributed by atoms with E-state index in [1.165, 1.54) is 140 Å². The number of nitrogens with one attached hydrogen (secondary N) is 1. The standard InChI is InChI=1S/C60H70B2N2O4/c1-3-5-7-9-11-13-15-17-19-21-25-43-31-37-47(38-32-43)61-63-57-49(41-35-45-27-23-29-51(67-61)53(45)57)55-59(65)56(60(55)66)50-42-36-46-28-24-30-52-54(46)58(50)64-62(68-52)48-39-33-44(34-40-48)26-22-20-18-16-14-12-10-8-6-4-2/h23-24,27-42,63,65H,3-22,25-26H2,1-2H3/b56-50-. The number of unbranched alkanes of at least 4 members (excludes halogenated alkanes) is 18. The number of ketones is 1. The van der Waals surface area contributed by atoms with Crippen molar-refractivity contribution >= 4 is 69.2 Å². The van der Waals surface area contributed by atoms with E-state index in [-0.39, 0.29) is 17.1 Å². The molecule has 2 aliphatic heterocycles. The number of allylic oxidation sites excluding steroid dienone is 2. The Labute approximate surface area is 405 Å². The summed E-state index contributed by atoms with van der Waals surface area (Å²) in [5, 5.41) is 20.7. The lowest BCUT2D eigenvalue weighted by atomic mass is 9.70. The fraction of sp³-hybridized carbons (Fsp3) is 0.400. The summed E-state index contributed by atoms with van der Waals surface area (Å²) >= 11 is 0. The van der Waals surface area contributed by atoms with Gasteiger partial charge in [-0.2, -0.15) is 0 Å². The van der Waals surface area contributed by atoms with Crippen LogP contribution in [0.2, 0.25) is 0 Å². The van der Waals surface area contributed by atoms with Crippen molar-refractivity contribution in [1.29, 1.82) is 0 Å². The van der Waals surface area contributed by atoms with Gasteiger partial charge in [0, 0.05) is 27.2 Å². The molecule has 0 amide bonds. The van der Waals surface area contributed by atoms with Gasteiger partial charge < -0.3 is 19.6 Å². The van der Waals surface area contributed by atoms with Crippen LogP contribution in [0.3, 0.4) is 0 Å². The van der Waals surface area contributed by atoms with Gasteiger partial charge in [-0.25, -0.2) is 0 Å². The van der Waals surface area contributed by atoms with Gasteiger partial charge in [0.2, 0.25) is 5.78 Å². The Morgan fingerprint density at radius 3 is 1.57 bits per heavy atom. The van der Waals surface area contributed by atoms with Crippen molar-refractivity contribution in [3.05, 3.63) is 142 Å². The average molecular weight is 905 g/mol. The normalized spacial score (nSPS) is 14.8. The molecule has 6 aromatic carbocycles. The minimum atomic E-state index is -0.583. The zero-order valence-corrected chi connectivity index (χ0v) is 40.7. The summed E-state index contributed by atoms with van der Waals surface area (Å²) in [5.74, 6) is 1.24. The molecule has 6 nitrogen and oxygen atoms in total. The number of carbonyl (C=O) groups excluding carboxylic acids is 1. The Bertz CT molecular complexity index is 2860. The van der Waals surface area contributed by atoms with Crippen LogP contribution in [-0.4, -0.2) is 25.0 Å². The van der Waals surface area contributed by atoms with Gasteiger partial charge in [-0.1, -0.05) is 226 Å². The van der Waals surface area contributed by atoms with Gasteiger partial charge in [0.1, 0.15) is 17.3 Å². The first-order chi connectivity index (χ1) is 33.5. The second-order valence-electron chi connectivity index (χ2n) is 19.7. The molecule has 2 heterocycles. The first-order valence-electron chi connectivity index (χ1n) is 26.5. The van der Waals surface area contributed by atoms with Crippen molar-refractivity contribution in [2.75, 3.05) is 5.23 Å². The van der Waals surface area contributed by atoms with E-state index < -0.39 is 14.1 Å². The zero-order chi connectivity index (χ0) is 46.7. The first-order valence-corrected chi connectivity index (χ1v) is 26.5. The molecular weight excluding hydrogens is 834 g/mol. The number of nitrogens with zero attached hydrogens (tertiary/aromatic N) is 1. The molecular formula is C60H70B2N2O4. The predicted molar refractivity (Wildman–Crippen MR) is 286 cm³/mol. The Morgan fingerprint density at radius 2 is 1.01 bits per heavy atom. The van der Waals surface area contributed by atoms with Crippen molar-refractivity contribution in [2.24, 2.45) is 4.90 Å². The van der Waals surface area contributed by atoms with Gasteiger partial charge in [0.05, 0.1) is 16.5 Å². The van der Waals surface area contributed by atoms with Crippen LogP contribution in [0.25, 0.3) is 32.7 Å². The van der Waals surface area contributed by atoms with E-state index in [1.54, 1.807) is 0 Å². The number of carbonyl (C=O) groups is 1. The molecule has 0 bridgehead atoms. The number of hydrogen-bond donors (Lipinski definition) is 2. The summed E-state index contributed by atoms with van der Waals surface area (Å²) < 4.78 is 13.2. The SMILES string of the molecule is CCCCCCCCCCCCc1ccc(B2N=c3/c(=C4\C(=O)C(c5ccc6cccc7c6c5NB(c5ccc(CCCCCCCCCCCC)cc5)O7)=C4O)ccc4cccc(c34)O2)cc1. The number of anilines is 1. The third-order valence-electron chi connectivity index (χ3n) is 14.6. The summed E-state index contributed by atoms with van der Waals surface area (Å²) in [6.07, 6.45) is 28.8. The van der Waals surface area contributed by atoms with Crippen molar-refractivity contribution < 1.29 is 19.2 Å². The van der Waals surface area contributed by atoms with Crippen LogP contribution in [0.5, 0.6) is 11.5 Å². The highest BCUT2D eigenvalue weighted by molar-refractivity contribution is 6.72. The van der Waals surface area contributed by atoms with Crippen LogP contribution in [0.1, 0.15) is 159 Å². The molecule has 0 spiro atoms. The van der Waals surface area contributed by atoms with E-state index in [0.717, 1.165) is 62.5 Å². The van der Waals surface area contributed by atoms with Crippen LogP contribution in [-0.2, 0) is 17.6 Å². The van der Waals surface area contributed by atoms with E-state index in [2.05, 4.69) is 73.7 Å². The summed E-state index contributed by atoms with van der Waals surface area (Å²) in [5.41, 5.74) is 6.65. The molecule has 2 N–H and O–H groups in total. The molecule has 0 radical (unpaired) electrons. The van der Waals surface area contributed by atoms with Gasteiger partial charge in [-0.3, -0.25) is 9.70 Å². The summed E-state index contributed by atoms with van der Waals surface area (Å²) in [6, 6.07) is 37.3. The van der Waals surface area contributed by atoms with E-state index >= 15 is 0 Å². The molecule has 350 valence electrons. The van der Waals surface area contributed by atoms with Crippen molar-refractivity contribution in [3.8, 4) is 11.5 Å². The molecule has 3 aliphatic rings. The lowest BCUT2D eigenvalue weighted by Gasteiger charge is -2.30. The number of Topliss-reactive ketones (excluding diaryl/α,β-unsaturated/α-hetero) is 1. The highest BCUT2D eigenvalue weighted by atomic mass is 16.4. The summed E-state index contributed by atoms with van der Waals surface area (Å²) in [7, 11) is -1.05. The van der Waals surface area contributed by atoms with Crippen molar-refractivity contribution in [1.82, 2.24) is 0 Å². The van der Waals surface area contributed by atoms with Crippen LogP contribution >= 0.6 is 0 Å². The zero-order valence-electron chi connectivity index (χ0n) is 40.7. The molecule has 68 heavy (non-hydrogen) atoms. The van der Waals surface area contributed by atoms with E-state index in [0.29, 0.717) is 21.7 Å². The Hall–Kier alpha value is -5.75. The number of rotatable bonds is 25. The number of benzene rings is 6. The van der Waals surface area contributed by atoms with Gasteiger partial charge in [-0.05, 0) is 70.6 Å². The second-order valence-corrected chi connectivity index (χ2v) is 19.7. The minimum Gasteiger partial charge on any atom is -0.537 e. The average Bonchev–Trinajstić information content (AvgIpc) is 3.37. The van der Waals surface area contributed by atoms with Crippen LogP contribution < -0.4 is 36.0 Å². The number of aliphatic hydroxyl groups is 1. The quantitative estimate of drug-likeness (QED) is 0.0442. The molecule has 0 atom stereocenters. The van der Waals surface area contributed by atoms with Crippen LogP contribution in [0, 0.1) is 0 Å². The minimum absolute atomic E-state index is 0.0214. The molecule has 6 aromatic rings. The second kappa shape index (κ2) is 23.0. The monoisotopic (exact) mass is 905 g/mol. The largest absolute Gasteiger partial charge is 0.538 e. The topological polar surface area (TPSA) is 80.2 Å². The highest BCUT2D eigenvalue weighted by Crippen LogP contribution is 2.45. The number of aryl methyl sites for hydroxylation is 2. The lowest BCUT2D eigenvalue weighted by molar-refractivity contribution is -0.109. The molecule has 0 saturated heterocycles.